The zero-order chi connectivity index (χ0) is 39.5. The Kier molecular flexibility index (Phi) is 42.3. The number of nitrogens with two attached hydrogens (primary N) is 1. The van der Waals surface area contributed by atoms with Crippen molar-refractivity contribution in [2.75, 3.05) is 33.0 Å². The Morgan fingerprint density at radius 2 is 0.926 bits per heavy atom. The number of phosphoric ester groups is 1. The summed E-state index contributed by atoms with van der Waals surface area (Å²) in [7, 11) is -4.28. The zero-order valence-corrected chi connectivity index (χ0v) is 36.4. The Bertz CT molecular complexity index is 884. The summed E-state index contributed by atoms with van der Waals surface area (Å²) in [6.45, 7) is 4.91. The molecule has 54 heavy (non-hydrogen) atoms. The minimum Gasteiger partial charge on any atom is -0.457 e. The van der Waals surface area contributed by atoms with Gasteiger partial charge in [-0.3, -0.25) is 13.8 Å². The van der Waals surface area contributed by atoms with Crippen LogP contribution in [0.1, 0.15) is 219 Å². The van der Waals surface area contributed by atoms with Gasteiger partial charge in [-0.15, -0.1) is 0 Å². The summed E-state index contributed by atoms with van der Waals surface area (Å²) in [5.74, 6) is -0.340. The van der Waals surface area contributed by atoms with E-state index in [1.807, 2.05) is 0 Å². The summed E-state index contributed by atoms with van der Waals surface area (Å²) in [6, 6.07) is 0. The van der Waals surface area contributed by atoms with Gasteiger partial charge in [0.1, 0.15) is 6.10 Å². The number of phosphoric acid groups is 1. The Labute approximate surface area is 334 Å². The molecule has 0 aromatic carbocycles. The molecule has 0 saturated heterocycles. The molecule has 0 heterocycles. The van der Waals surface area contributed by atoms with E-state index in [1.165, 1.54) is 154 Å². The van der Waals surface area contributed by atoms with Gasteiger partial charge in [-0.1, -0.05) is 173 Å². The molecule has 0 bridgehead atoms. The lowest BCUT2D eigenvalue weighted by molar-refractivity contribution is -0.154. The summed E-state index contributed by atoms with van der Waals surface area (Å²) in [4.78, 5) is 22.5. The van der Waals surface area contributed by atoms with Gasteiger partial charge in [0.15, 0.2) is 0 Å². The van der Waals surface area contributed by atoms with Crippen LogP contribution in [0.25, 0.3) is 0 Å². The number of allylic oxidation sites excluding steroid dienone is 4. The Morgan fingerprint density at radius 1 is 0.537 bits per heavy atom. The van der Waals surface area contributed by atoms with E-state index in [2.05, 4.69) is 38.2 Å². The van der Waals surface area contributed by atoms with Gasteiger partial charge in [-0.05, 0) is 64.2 Å². The molecule has 0 aromatic rings. The second kappa shape index (κ2) is 43.1. The number of esters is 1. The second-order valence-electron chi connectivity index (χ2n) is 15.3. The van der Waals surface area contributed by atoms with Crippen LogP contribution in [0, 0.1) is 0 Å². The first-order chi connectivity index (χ1) is 26.4. The average Bonchev–Trinajstić information content (AvgIpc) is 3.16. The van der Waals surface area contributed by atoms with Crippen molar-refractivity contribution < 1.29 is 32.8 Å². The molecular weight excluding hydrogens is 697 g/mol. The molecule has 3 N–H and O–H groups in total. The van der Waals surface area contributed by atoms with Crippen molar-refractivity contribution in [3.63, 3.8) is 0 Å². The summed E-state index contributed by atoms with van der Waals surface area (Å²) in [5.41, 5.74) is 5.37. The van der Waals surface area contributed by atoms with Crippen LogP contribution < -0.4 is 5.73 Å². The van der Waals surface area contributed by atoms with Gasteiger partial charge in [-0.2, -0.15) is 0 Å². The molecule has 0 fully saturated rings. The maximum Gasteiger partial charge on any atom is 0.472 e. The van der Waals surface area contributed by atoms with Crippen molar-refractivity contribution >= 4 is 13.8 Å². The van der Waals surface area contributed by atoms with Crippen LogP contribution in [0.15, 0.2) is 24.3 Å². The van der Waals surface area contributed by atoms with Crippen LogP contribution in [0.2, 0.25) is 0 Å². The van der Waals surface area contributed by atoms with Gasteiger partial charge in [0.05, 0.1) is 19.8 Å². The lowest BCUT2D eigenvalue weighted by Crippen LogP contribution is -2.28. The van der Waals surface area contributed by atoms with Gasteiger partial charge in [0.2, 0.25) is 0 Å². The van der Waals surface area contributed by atoms with Gasteiger partial charge < -0.3 is 20.1 Å². The first-order valence-electron chi connectivity index (χ1n) is 22.8. The van der Waals surface area contributed by atoms with E-state index < -0.39 is 13.9 Å². The summed E-state index contributed by atoms with van der Waals surface area (Å²) >= 11 is 0. The van der Waals surface area contributed by atoms with Crippen LogP contribution in [0.5, 0.6) is 0 Å². The molecule has 0 aliphatic carbocycles. The van der Waals surface area contributed by atoms with Crippen molar-refractivity contribution in [2.45, 2.75) is 225 Å². The van der Waals surface area contributed by atoms with Crippen LogP contribution >= 0.6 is 7.82 Å². The average molecular weight is 786 g/mol. The monoisotopic (exact) mass is 786 g/mol. The maximum absolute atomic E-state index is 12.6. The highest BCUT2D eigenvalue weighted by atomic mass is 31.2. The first kappa shape index (κ1) is 53.0. The fourth-order valence-electron chi connectivity index (χ4n) is 6.46. The predicted molar refractivity (Wildman–Crippen MR) is 229 cm³/mol. The molecule has 0 aromatic heterocycles. The molecule has 2 atom stereocenters. The number of carbonyl (C=O) groups excluding carboxylic acids is 1. The summed E-state index contributed by atoms with van der Waals surface area (Å²) in [5, 5.41) is 0. The lowest BCUT2D eigenvalue weighted by Gasteiger charge is -2.20. The highest BCUT2D eigenvalue weighted by Gasteiger charge is 2.25. The Morgan fingerprint density at radius 3 is 1.37 bits per heavy atom. The maximum atomic E-state index is 12.6. The van der Waals surface area contributed by atoms with Gasteiger partial charge in [-0.25, -0.2) is 4.57 Å². The number of ether oxygens (including phenoxy) is 2. The van der Waals surface area contributed by atoms with E-state index in [9.17, 15) is 14.3 Å². The molecular formula is C45H88NO7P. The number of carbonyl (C=O) groups is 1. The van der Waals surface area contributed by atoms with Crippen molar-refractivity contribution in [1.29, 1.82) is 0 Å². The standard InChI is InChI=1S/C45H88NO7P/c1-3-5-7-9-11-13-15-17-18-19-20-21-22-23-24-25-27-29-31-33-35-37-40-50-42-44(43-52-54(48,49)51-41-39-46)53-45(47)38-36-34-32-30-28-26-16-14-12-10-8-6-4-2/h14,16,23-24,44H,3-13,15,17-22,25-43,46H2,1-2H3,(H,48,49). The molecule has 9 heteroatoms. The van der Waals surface area contributed by atoms with E-state index in [0.29, 0.717) is 13.0 Å². The van der Waals surface area contributed by atoms with Crippen LogP contribution in [0.4, 0.5) is 0 Å². The van der Waals surface area contributed by atoms with E-state index in [4.69, 9.17) is 24.3 Å². The van der Waals surface area contributed by atoms with Crippen molar-refractivity contribution in [1.82, 2.24) is 0 Å². The lowest BCUT2D eigenvalue weighted by atomic mass is 10.0. The largest absolute Gasteiger partial charge is 0.472 e. The third-order valence-electron chi connectivity index (χ3n) is 9.84. The van der Waals surface area contributed by atoms with E-state index in [-0.39, 0.29) is 32.3 Å². The smallest absolute Gasteiger partial charge is 0.457 e. The van der Waals surface area contributed by atoms with Gasteiger partial charge >= 0.3 is 13.8 Å². The molecule has 0 saturated carbocycles. The number of unbranched alkanes of at least 4 members (excludes halogenated alkanes) is 27. The molecule has 320 valence electrons. The number of rotatable bonds is 44. The molecule has 0 radical (unpaired) electrons. The first-order valence-corrected chi connectivity index (χ1v) is 24.3. The van der Waals surface area contributed by atoms with E-state index in [0.717, 1.165) is 44.9 Å². The van der Waals surface area contributed by atoms with Crippen molar-refractivity contribution in [3.05, 3.63) is 24.3 Å². The van der Waals surface area contributed by atoms with Gasteiger partial charge in [0.25, 0.3) is 0 Å². The third kappa shape index (κ3) is 42.1. The second-order valence-corrected chi connectivity index (χ2v) is 16.7. The number of hydrogen-bond acceptors (Lipinski definition) is 7. The van der Waals surface area contributed by atoms with Crippen LogP contribution in [0.3, 0.4) is 0 Å². The van der Waals surface area contributed by atoms with Crippen molar-refractivity contribution in [3.8, 4) is 0 Å². The minimum absolute atomic E-state index is 0.0969. The SMILES string of the molecule is CCCCCCC=CCCCCCCCC(=O)OC(COCCCCCCCCC=CCCCCCCCCCCCCCC)COP(=O)(O)OCCN. The quantitative estimate of drug-likeness (QED) is 0.0271. The summed E-state index contributed by atoms with van der Waals surface area (Å²) < 4.78 is 33.4. The Balaban J connectivity index is 3.95. The molecule has 0 aliphatic rings. The van der Waals surface area contributed by atoms with Crippen LogP contribution in [-0.2, 0) is 27.9 Å². The van der Waals surface area contributed by atoms with Gasteiger partial charge in [0, 0.05) is 19.6 Å². The van der Waals surface area contributed by atoms with Crippen LogP contribution in [-0.4, -0.2) is 49.9 Å². The molecule has 0 aliphatic heterocycles. The topological polar surface area (TPSA) is 117 Å². The molecule has 8 nitrogen and oxygen atoms in total. The Hall–Kier alpha value is -1.02. The molecule has 0 spiro atoms. The minimum atomic E-state index is -4.28. The zero-order valence-electron chi connectivity index (χ0n) is 35.5. The van der Waals surface area contributed by atoms with E-state index in [1.54, 1.807) is 0 Å². The highest BCUT2D eigenvalue weighted by Crippen LogP contribution is 2.43. The normalized spacial score (nSPS) is 13.6. The molecule has 0 rings (SSSR count). The highest BCUT2D eigenvalue weighted by molar-refractivity contribution is 7.47. The molecule has 0 amide bonds. The number of hydrogen-bond donors (Lipinski definition) is 2. The van der Waals surface area contributed by atoms with E-state index >= 15 is 0 Å². The fourth-order valence-corrected chi connectivity index (χ4v) is 7.22. The molecule has 2 unspecified atom stereocenters. The summed E-state index contributed by atoms with van der Waals surface area (Å²) in [6.07, 6.45) is 47.8. The third-order valence-corrected chi connectivity index (χ3v) is 10.8. The predicted octanol–water partition coefficient (Wildman–Crippen LogP) is 13.6. The fraction of sp³-hybridized carbons (Fsp3) is 0.889. The van der Waals surface area contributed by atoms with Crippen molar-refractivity contribution in [2.24, 2.45) is 5.73 Å².